The number of hydrogen-bond acceptors (Lipinski definition) is 7. The fraction of sp³-hybridized carbons (Fsp3) is 0.500. The van der Waals surface area contributed by atoms with Crippen molar-refractivity contribution in [1.82, 2.24) is 23.6 Å². The van der Waals surface area contributed by atoms with Crippen LogP contribution < -0.4 is 16.6 Å². The summed E-state index contributed by atoms with van der Waals surface area (Å²) in [5.41, 5.74) is 1.02. The second-order valence-electron chi connectivity index (χ2n) is 8.62. The Hall–Kier alpha value is -3.25. The van der Waals surface area contributed by atoms with Crippen molar-refractivity contribution in [2.24, 2.45) is 14.1 Å². The third kappa shape index (κ3) is 3.76. The molecular formula is C22H26N6O5S. The van der Waals surface area contributed by atoms with Crippen LogP contribution in [0.2, 0.25) is 0 Å². The van der Waals surface area contributed by atoms with Crippen LogP contribution in [-0.2, 0) is 43.0 Å². The van der Waals surface area contributed by atoms with E-state index in [0.717, 1.165) is 40.7 Å². The lowest BCUT2D eigenvalue weighted by Gasteiger charge is -2.27. The van der Waals surface area contributed by atoms with Crippen LogP contribution in [0.5, 0.6) is 0 Å². The van der Waals surface area contributed by atoms with E-state index >= 15 is 0 Å². The zero-order valence-corrected chi connectivity index (χ0v) is 19.9. The van der Waals surface area contributed by atoms with Crippen molar-refractivity contribution in [3.63, 3.8) is 0 Å². The lowest BCUT2D eigenvalue weighted by Crippen LogP contribution is -2.41. The van der Waals surface area contributed by atoms with E-state index in [1.807, 2.05) is 0 Å². The highest BCUT2D eigenvalue weighted by Gasteiger charge is 2.30. The van der Waals surface area contributed by atoms with Crippen molar-refractivity contribution in [2.45, 2.75) is 32.2 Å². The van der Waals surface area contributed by atoms with Crippen LogP contribution in [0.4, 0.5) is 5.00 Å². The molecule has 0 spiro atoms. The first-order valence-electron chi connectivity index (χ1n) is 11.3. The zero-order chi connectivity index (χ0) is 24.0. The number of morpholine rings is 1. The summed E-state index contributed by atoms with van der Waals surface area (Å²) in [6.07, 6.45) is 5.18. The minimum atomic E-state index is -0.516. The molecule has 1 aliphatic heterocycles. The van der Waals surface area contributed by atoms with Gasteiger partial charge in [0, 0.05) is 32.1 Å². The second-order valence-corrected chi connectivity index (χ2v) is 9.72. The highest BCUT2D eigenvalue weighted by Crippen LogP contribution is 2.39. The van der Waals surface area contributed by atoms with Crippen molar-refractivity contribution in [3.05, 3.63) is 43.2 Å². The Morgan fingerprint density at radius 3 is 2.62 bits per heavy atom. The van der Waals surface area contributed by atoms with Crippen LogP contribution in [0.15, 0.2) is 15.9 Å². The van der Waals surface area contributed by atoms with E-state index in [9.17, 15) is 19.2 Å². The van der Waals surface area contributed by atoms with Crippen LogP contribution in [0.25, 0.3) is 11.2 Å². The number of imidazole rings is 1. The molecule has 1 aliphatic carbocycles. The first-order chi connectivity index (χ1) is 16.4. The number of thiophene rings is 1. The van der Waals surface area contributed by atoms with E-state index in [1.54, 1.807) is 4.90 Å². The topological polar surface area (TPSA) is 120 Å². The third-order valence-electron chi connectivity index (χ3n) is 6.47. The number of nitrogens with zero attached hydrogens (tertiary/aromatic N) is 5. The zero-order valence-electron chi connectivity index (χ0n) is 19.1. The number of fused-ring (bicyclic) bond motifs is 2. The molecule has 3 aromatic rings. The molecule has 3 aromatic heterocycles. The molecule has 4 heterocycles. The predicted molar refractivity (Wildman–Crippen MR) is 127 cm³/mol. The van der Waals surface area contributed by atoms with Gasteiger partial charge >= 0.3 is 5.69 Å². The molecule has 12 heteroatoms. The van der Waals surface area contributed by atoms with E-state index < -0.39 is 11.2 Å². The number of aryl methyl sites for hydroxylation is 2. The number of anilines is 1. The molecule has 11 nitrogen and oxygen atoms in total. The Balaban J connectivity index is 1.46. The largest absolute Gasteiger partial charge is 0.378 e. The van der Waals surface area contributed by atoms with Crippen LogP contribution in [0.1, 0.15) is 33.6 Å². The maximum Gasteiger partial charge on any atom is 0.332 e. The number of amides is 2. The predicted octanol–water partition coefficient (Wildman–Crippen LogP) is 0.485. The molecule has 180 valence electrons. The summed E-state index contributed by atoms with van der Waals surface area (Å²) in [4.78, 5) is 58.4. The molecule has 34 heavy (non-hydrogen) atoms. The van der Waals surface area contributed by atoms with Gasteiger partial charge in [0.25, 0.3) is 11.5 Å². The molecule has 0 radical (unpaired) electrons. The van der Waals surface area contributed by atoms with Gasteiger partial charge in [-0.1, -0.05) is 0 Å². The third-order valence-corrected chi connectivity index (χ3v) is 7.67. The molecule has 0 unspecified atom stereocenters. The van der Waals surface area contributed by atoms with E-state index in [1.165, 1.54) is 40.9 Å². The number of nitrogens with one attached hydrogen (secondary N) is 1. The Morgan fingerprint density at radius 1 is 1.12 bits per heavy atom. The van der Waals surface area contributed by atoms with E-state index in [2.05, 4.69) is 10.3 Å². The van der Waals surface area contributed by atoms with Gasteiger partial charge in [-0.05, 0) is 31.2 Å². The van der Waals surface area contributed by atoms with Gasteiger partial charge in [0.2, 0.25) is 5.91 Å². The van der Waals surface area contributed by atoms with Gasteiger partial charge in [-0.25, -0.2) is 9.78 Å². The van der Waals surface area contributed by atoms with Gasteiger partial charge in [0.1, 0.15) is 11.5 Å². The monoisotopic (exact) mass is 486 g/mol. The molecule has 2 amide bonds. The van der Waals surface area contributed by atoms with Crippen LogP contribution >= 0.6 is 11.3 Å². The van der Waals surface area contributed by atoms with Gasteiger partial charge in [-0.2, -0.15) is 0 Å². The van der Waals surface area contributed by atoms with E-state index in [0.29, 0.717) is 36.9 Å². The molecule has 0 saturated carbocycles. The fourth-order valence-corrected chi connectivity index (χ4v) is 5.94. The molecule has 1 fully saturated rings. The quantitative estimate of drug-likeness (QED) is 0.573. The van der Waals surface area contributed by atoms with E-state index in [4.69, 9.17) is 4.74 Å². The number of aromatic nitrogens is 4. The summed E-state index contributed by atoms with van der Waals surface area (Å²) in [5, 5.41) is 3.48. The minimum Gasteiger partial charge on any atom is -0.378 e. The van der Waals surface area contributed by atoms with Crippen LogP contribution in [0.3, 0.4) is 0 Å². The van der Waals surface area contributed by atoms with Crippen LogP contribution in [0, 0.1) is 0 Å². The maximum absolute atomic E-state index is 13.4. The Bertz CT molecular complexity index is 1410. The van der Waals surface area contributed by atoms with Crippen molar-refractivity contribution < 1.29 is 14.3 Å². The lowest BCUT2D eigenvalue weighted by atomic mass is 9.95. The minimum absolute atomic E-state index is 0.0741. The molecule has 0 bridgehead atoms. The molecule has 0 atom stereocenters. The summed E-state index contributed by atoms with van der Waals surface area (Å²) in [6.45, 7) is 1.90. The number of carbonyl (C=O) groups excluding carboxylic acids is 2. The lowest BCUT2D eigenvalue weighted by molar-refractivity contribution is -0.116. The van der Waals surface area contributed by atoms with Gasteiger partial charge in [-0.15, -0.1) is 11.3 Å². The average molecular weight is 487 g/mol. The number of ether oxygens (including phenoxy) is 1. The van der Waals surface area contributed by atoms with Gasteiger partial charge in [0.15, 0.2) is 11.2 Å². The number of carbonyl (C=O) groups is 2. The fourth-order valence-electron chi connectivity index (χ4n) is 4.64. The van der Waals surface area contributed by atoms with Crippen molar-refractivity contribution >= 4 is 39.3 Å². The first kappa shape index (κ1) is 22.5. The smallest absolute Gasteiger partial charge is 0.332 e. The normalized spacial score (nSPS) is 16.0. The van der Waals surface area contributed by atoms with Crippen molar-refractivity contribution in [3.8, 4) is 0 Å². The van der Waals surface area contributed by atoms with Crippen molar-refractivity contribution in [2.75, 3.05) is 31.6 Å². The van der Waals surface area contributed by atoms with Gasteiger partial charge < -0.3 is 19.5 Å². The number of rotatable bonds is 4. The Kier molecular flexibility index (Phi) is 5.86. The Morgan fingerprint density at radius 2 is 1.85 bits per heavy atom. The highest BCUT2D eigenvalue weighted by molar-refractivity contribution is 7.17. The average Bonchev–Trinajstić information content (AvgIpc) is 3.42. The second kappa shape index (κ2) is 8.84. The molecule has 0 aromatic carbocycles. The van der Waals surface area contributed by atoms with Gasteiger partial charge in [-0.3, -0.25) is 23.5 Å². The molecule has 2 aliphatic rings. The molecular weight excluding hydrogens is 460 g/mol. The SMILES string of the molecule is Cn1c(=O)c2c(ncn2CC(=O)Nc2sc3c(c2C(=O)N2CCOCC2)CCCC3)n(C)c1=O. The van der Waals surface area contributed by atoms with Crippen LogP contribution in [-0.4, -0.2) is 61.7 Å². The maximum atomic E-state index is 13.4. The van der Waals surface area contributed by atoms with E-state index in [-0.39, 0.29) is 29.5 Å². The number of hydrogen-bond donors (Lipinski definition) is 1. The summed E-state index contributed by atoms with van der Waals surface area (Å²) in [5.74, 6) is -0.445. The standard InChI is InChI=1S/C22H26N6O5S/c1-25-18-17(21(31)26(2)22(25)32)28(12-23-18)11-15(29)24-19-16(13-5-3-4-6-14(13)34-19)20(30)27-7-9-33-10-8-27/h12H,3-11H2,1-2H3,(H,24,29). The van der Waals surface area contributed by atoms with Crippen molar-refractivity contribution in [1.29, 1.82) is 0 Å². The highest BCUT2D eigenvalue weighted by atomic mass is 32.1. The summed E-state index contributed by atoms with van der Waals surface area (Å²) in [6, 6.07) is 0. The molecule has 1 N–H and O–H groups in total. The summed E-state index contributed by atoms with van der Waals surface area (Å²) < 4.78 is 9.08. The molecule has 1 saturated heterocycles. The summed E-state index contributed by atoms with van der Waals surface area (Å²) in [7, 11) is 2.92. The van der Waals surface area contributed by atoms with Gasteiger partial charge in [0.05, 0.1) is 25.1 Å². The first-order valence-corrected chi connectivity index (χ1v) is 12.1. The molecule has 5 rings (SSSR count). The summed E-state index contributed by atoms with van der Waals surface area (Å²) >= 11 is 1.46. The Labute approximate surface area is 198 Å².